The van der Waals surface area contributed by atoms with Crippen molar-refractivity contribution in [3.05, 3.63) is 35.4 Å². The Morgan fingerprint density at radius 1 is 1.14 bits per heavy atom. The zero-order valence-corrected chi connectivity index (χ0v) is 13.0. The first-order valence-electron chi connectivity index (χ1n) is 8.15. The van der Waals surface area contributed by atoms with E-state index in [1.54, 1.807) is 0 Å². The minimum Gasteiger partial charge on any atom is -0.353 e. The maximum Gasteiger partial charge on any atom is 0.163 e. The Kier molecular flexibility index (Phi) is 6.90. The average Bonchev–Trinajstić information content (AvgIpc) is 2.54. The molecule has 1 aromatic carbocycles. The first kappa shape index (κ1) is 16.2. The molecule has 1 aliphatic heterocycles. The standard InChI is InChI=1S/C18H26O3/c1-2-3-4-6-15-7-9-16(10-8-15)17(19)11-12-18-20-13-5-14-21-18/h7-10,18H,2-6,11-14H2,1H3. The van der Waals surface area contributed by atoms with Gasteiger partial charge < -0.3 is 9.47 Å². The molecular weight excluding hydrogens is 264 g/mol. The number of carbonyl (C=O) groups is 1. The third-order valence-corrected chi connectivity index (χ3v) is 3.85. The first-order chi connectivity index (χ1) is 10.3. The molecule has 0 aliphatic carbocycles. The van der Waals surface area contributed by atoms with Crippen LogP contribution in [0.5, 0.6) is 0 Å². The van der Waals surface area contributed by atoms with Crippen LogP contribution in [0.2, 0.25) is 0 Å². The van der Waals surface area contributed by atoms with Crippen LogP contribution in [0.1, 0.15) is 61.4 Å². The normalized spacial score (nSPS) is 16.0. The van der Waals surface area contributed by atoms with Gasteiger partial charge in [0.1, 0.15) is 0 Å². The summed E-state index contributed by atoms with van der Waals surface area (Å²) in [6, 6.07) is 8.06. The van der Waals surface area contributed by atoms with E-state index in [2.05, 4.69) is 19.1 Å². The topological polar surface area (TPSA) is 35.5 Å². The SMILES string of the molecule is CCCCCc1ccc(C(=O)CCC2OCCCO2)cc1. The molecule has 0 unspecified atom stereocenters. The van der Waals surface area contributed by atoms with Gasteiger partial charge in [0.2, 0.25) is 0 Å². The maximum absolute atomic E-state index is 12.1. The van der Waals surface area contributed by atoms with Crippen molar-refractivity contribution < 1.29 is 14.3 Å². The summed E-state index contributed by atoms with van der Waals surface area (Å²) < 4.78 is 10.9. The Balaban J connectivity index is 1.76. The fourth-order valence-corrected chi connectivity index (χ4v) is 2.53. The van der Waals surface area contributed by atoms with Crippen molar-refractivity contribution in [1.29, 1.82) is 0 Å². The molecule has 3 nitrogen and oxygen atoms in total. The number of hydrogen-bond donors (Lipinski definition) is 0. The van der Waals surface area contributed by atoms with Gasteiger partial charge in [0, 0.05) is 18.4 Å². The lowest BCUT2D eigenvalue weighted by Gasteiger charge is -2.22. The number of ketones is 1. The Hall–Kier alpha value is -1.19. The van der Waals surface area contributed by atoms with Gasteiger partial charge in [0.05, 0.1) is 13.2 Å². The van der Waals surface area contributed by atoms with Gasteiger partial charge in [0.25, 0.3) is 0 Å². The lowest BCUT2D eigenvalue weighted by Crippen LogP contribution is -2.25. The van der Waals surface area contributed by atoms with Crippen LogP contribution in [-0.2, 0) is 15.9 Å². The predicted molar refractivity (Wildman–Crippen MR) is 83.5 cm³/mol. The van der Waals surface area contributed by atoms with E-state index < -0.39 is 0 Å². The van der Waals surface area contributed by atoms with Crippen molar-refractivity contribution >= 4 is 5.78 Å². The van der Waals surface area contributed by atoms with E-state index in [1.165, 1.54) is 24.8 Å². The molecular formula is C18H26O3. The third-order valence-electron chi connectivity index (χ3n) is 3.85. The molecule has 116 valence electrons. The summed E-state index contributed by atoms with van der Waals surface area (Å²) in [4.78, 5) is 12.1. The Labute approximate surface area is 127 Å². The first-order valence-corrected chi connectivity index (χ1v) is 8.15. The second-order valence-electron chi connectivity index (χ2n) is 5.64. The molecule has 3 heteroatoms. The van der Waals surface area contributed by atoms with Crippen LogP contribution in [-0.4, -0.2) is 25.3 Å². The average molecular weight is 290 g/mol. The van der Waals surface area contributed by atoms with Crippen molar-refractivity contribution in [3.63, 3.8) is 0 Å². The Morgan fingerprint density at radius 2 is 1.86 bits per heavy atom. The second kappa shape index (κ2) is 8.96. The second-order valence-corrected chi connectivity index (χ2v) is 5.64. The quantitative estimate of drug-likeness (QED) is 0.533. The van der Waals surface area contributed by atoms with E-state index in [1.807, 2.05) is 12.1 Å². The van der Waals surface area contributed by atoms with Crippen LogP contribution in [0.4, 0.5) is 0 Å². The molecule has 21 heavy (non-hydrogen) atoms. The number of benzene rings is 1. The maximum atomic E-state index is 12.1. The predicted octanol–water partition coefficient (Wildman–Crippen LogP) is 4.15. The molecule has 0 saturated carbocycles. The minimum atomic E-state index is -0.198. The highest BCUT2D eigenvalue weighted by Crippen LogP contribution is 2.15. The number of ether oxygens (including phenoxy) is 2. The summed E-state index contributed by atoms with van der Waals surface area (Å²) in [5, 5.41) is 0. The lowest BCUT2D eigenvalue weighted by atomic mass is 10.0. The number of hydrogen-bond acceptors (Lipinski definition) is 3. The summed E-state index contributed by atoms with van der Waals surface area (Å²) >= 11 is 0. The van der Waals surface area contributed by atoms with E-state index in [4.69, 9.17) is 9.47 Å². The highest BCUT2D eigenvalue weighted by Gasteiger charge is 2.16. The minimum absolute atomic E-state index is 0.174. The summed E-state index contributed by atoms with van der Waals surface area (Å²) in [7, 11) is 0. The molecule has 2 rings (SSSR count). The molecule has 0 N–H and O–H groups in total. The lowest BCUT2D eigenvalue weighted by molar-refractivity contribution is -0.180. The van der Waals surface area contributed by atoms with Crippen LogP contribution < -0.4 is 0 Å². The fourth-order valence-electron chi connectivity index (χ4n) is 2.53. The van der Waals surface area contributed by atoms with Crippen molar-refractivity contribution in [2.24, 2.45) is 0 Å². The van der Waals surface area contributed by atoms with Gasteiger partial charge in [-0.05, 0) is 24.8 Å². The van der Waals surface area contributed by atoms with Crippen molar-refractivity contribution in [2.75, 3.05) is 13.2 Å². The van der Waals surface area contributed by atoms with Gasteiger partial charge in [0.15, 0.2) is 12.1 Å². The van der Waals surface area contributed by atoms with E-state index in [0.29, 0.717) is 12.8 Å². The summed E-state index contributed by atoms with van der Waals surface area (Å²) in [6.45, 7) is 3.69. The van der Waals surface area contributed by atoms with Gasteiger partial charge in [-0.1, -0.05) is 44.0 Å². The molecule has 0 radical (unpaired) electrons. The molecule has 1 heterocycles. The third kappa shape index (κ3) is 5.60. The molecule has 1 saturated heterocycles. The fraction of sp³-hybridized carbons (Fsp3) is 0.611. The smallest absolute Gasteiger partial charge is 0.163 e. The highest BCUT2D eigenvalue weighted by molar-refractivity contribution is 5.96. The van der Waals surface area contributed by atoms with Crippen LogP contribution in [0.25, 0.3) is 0 Å². The van der Waals surface area contributed by atoms with E-state index >= 15 is 0 Å². The molecule has 0 amide bonds. The van der Waals surface area contributed by atoms with Crippen molar-refractivity contribution in [1.82, 2.24) is 0 Å². The molecule has 0 bridgehead atoms. The van der Waals surface area contributed by atoms with Crippen molar-refractivity contribution in [2.45, 2.75) is 58.2 Å². The number of unbranched alkanes of at least 4 members (excludes halogenated alkanes) is 2. The molecule has 1 aromatic rings. The van der Waals surface area contributed by atoms with Gasteiger partial charge in [-0.15, -0.1) is 0 Å². The summed E-state index contributed by atoms with van der Waals surface area (Å²) in [5.41, 5.74) is 2.11. The molecule has 1 fully saturated rings. The Bertz CT molecular complexity index is 419. The molecule has 0 aromatic heterocycles. The largest absolute Gasteiger partial charge is 0.353 e. The van der Waals surface area contributed by atoms with Crippen molar-refractivity contribution in [3.8, 4) is 0 Å². The van der Waals surface area contributed by atoms with Crippen LogP contribution in [0, 0.1) is 0 Å². The molecule has 0 spiro atoms. The molecule has 1 aliphatic rings. The molecule has 0 atom stereocenters. The zero-order chi connectivity index (χ0) is 14.9. The summed E-state index contributed by atoms with van der Waals surface area (Å²) in [6.07, 6.45) is 6.72. The monoisotopic (exact) mass is 290 g/mol. The number of carbonyl (C=O) groups excluding carboxylic acids is 1. The summed E-state index contributed by atoms with van der Waals surface area (Å²) in [5.74, 6) is 0.174. The van der Waals surface area contributed by atoms with Gasteiger partial charge in [-0.3, -0.25) is 4.79 Å². The van der Waals surface area contributed by atoms with E-state index in [0.717, 1.165) is 31.6 Å². The van der Waals surface area contributed by atoms with E-state index in [-0.39, 0.29) is 12.1 Å². The van der Waals surface area contributed by atoms with Crippen LogP contribution >= 0.6 is 0 Å². The number of rotatable bonds is 8. The van der Waals surface area contributed by atoms with Crippen LogP contribution in [0.3, 0.4) is 0 Å². The van der Waals surface area contributed by atoms with Gasteiger partial charge in [-0.25, -0.2) is 0 Å². The van der Waals surface area contributed by atoms with Gasteiger partial charge in [-0.2, -0.15) is 0 Å². The number of aryl methyl sites for hydroxylation is 1. The highest BCUT2D eigenvalue weighted by atomic mass is 16.7. The number of Topliss-reactive ketones (excluding diaryl/α,β-unsaturated/α-hetero) is 1. The van der Waals surface area contributed by atoms with Gasteiger partial charge >= 0.3 is 0 Å². The van der Waals surface area contributed by atoms with Crippen LogP contribution in [0.15, 0.2) is 24.3 Å². The van der Waals surface area contributed by atoms with E-state index in [9.17, 15) is 4.79 Å². The Morgan fingerprint density at radius 3 is 2.52 bits per heavy atom. The zero-order valence-electron chi connectivity index (χ0n) is 13.0.